The first kappa shape index (κ1) is 18.0. The van der Waals surface area contributed by atoms with Gasteiger partial charge in [-0.1, -0.05) is 30.3 Å². The zero-order chi connectivity index (χ0) is 20.2. The highest BCUT2D eigenvalue weighted by Gasteiger charge is 2.54. The van der Waals surface area contributed by atoms with Gasteiger partial charge in [-0.3, -0.25) is 14.7 Å². The number of benzene rings is 2. The van der Waals surface area contributed by atoms with Crippen molar-refractivity contribution in [2.75, 3.05) is 19.6 Å². The van der Waals surface area contributed by atoms with Gasteiger partial charge in [-0.15, -0.1) is 0 Å². The Morgan fingerprint density at radius 3 is 2.53 bits per heavy atom. The first-order valence-electron chi connectivity index (χ1n) is 10.8. The third-order valence-corrected chi connectivity index (χ3v) is 7.42. The van der Waals surface area contributed by atoms with Crippen LogP contribution in [0.2, 0.25) is 0 Å². The Morgan fingerprint density at radius 2 is 1.73 bits per heavy atom. The van der Waals surface area contributed by atoms with Crippen LogP contribution in [0, 0.1) is 11.7 Å². The number of carbonyl (C=O) groups excluding carboxylic acids is 1. The number of para-hydroxylation sites is 1. The van der Waals surface area contributed by atoms with Crippen LogP contribution in [0.3, 0.4) is 0 Å². The van der Waals surface area contributed by atoms with Gasteiger partial charge in [0.05, 0.1) is 17.1 Å². The fourth-order valence-corrected chi connectivity index (χ4v) is 6.09. The summed E-state index contributed by atoms with van der Waals surface area (Å²) >= 11 is 0. The Hall–Kier alpha value is -2.79. The molecule has 5 heterocycles. The van der Waals surface area contributed by atoms with Gasteiger partial charge in [0.15, 0.2) is 0 Å². The molecule has 0 N–H and O–H groups in total. The van der Waals surface area contributed by atoms with E-state index in [1.54, 1.807) is 18.3 Å². The number of hydrogen-bond acceptors (Lipinski definition) is 3. The normalized spacial score (nSPS) is 29.9. The van der Waals surface area contributed by atoms with Crippen LogP contribution < -0.4 is 0 Å². The highest BCUT2D eigenvalue weighted by molar-refractivity contribution is 6.05. The van der Waals surface area contributed by atoms with Crippen LogP contribution >= 0.6 is 0 Å². The first-order valence-corrected chi connectivity index (χ1v) is 10.8. The SMILES string of the molecule is O=C(c1cccc2cccnc12)N1C[C@@H](c2ccc(F)cc2)[C@@H]2[C@H]1C1CCN2CC1. The fraction of sp³-hybridized carbons (Fsp3) is 0.360. The molecule has 152 valence electrons. The third kappa shape index (κ3) is 2.68. The second kappa shape index (κ2) is 6.88. The summed E-state index contributed by atoms with van der Waals surface area (Å²) in [5.74, 6) is 0.615. The van der Waals surface area contributed by atoms with Crippen LogP contribution in [0.4, 0.5) is 4.39 Å². The van der Waals surface area contributed by atoms with Crippen LogP contribution in [-0.2, 0) is 0 Å². The van der Waals surface area contributed by atoms with Gasteiger partial charge in [0, 0.05) is 30.1 Å². The molecule has 0 aliphatic carbocycles. The summed E-state index contributed by atoms with van der Waals surface area (Å²) in [5.41, 5.74) is 2.58. The summed E-state index contributed by atoms with van der Waals surface area (Å²) in [5, 5.41) is 0.989. The highest BCUT2D eigenvalue weighted by Crippen LogP contribution is 2.47. The summed E-state index contributed by atoms with van der Waals surface area (Å²) in [6.45, 7) is 2.87. The van der Waals surface area contributed by atoms with Crippen LogP contribution in [-0.4, -0.2) is 52.4 Å². The van der Waals surface area contributed by atoms with Crippen molar-refractivity contribution in [3.8, 4) is 0 Å². The molecular weight excluding hydrogens is 377 g/mol. The average molecular weight is 401 g/mol. The highest BCUT2D eigenvalue weighted by atomic mass is 19.1. The Morgan fingerprint density at radius 1 is 0.967 bits per heavy atom. The zero-order valence-corrected chi connectivity index (χ0v) is 16.7. The quantitative estimate of drug-likeness (QED) is 0.649. The molecule has 0 spiro atoms. The predicted molar refractivity (Wildman–Crippen MR) is 114 cm³/mol. The lowest BCUT2D eigenvalue weighted by atomic mass is 9.75. The van der Waals surface area contributed by atoms with Gasteiger partial charge < -0.3 is 4.90 Å². The van der Waals surface area contributed by atoms with Gasteiger partial charge >= 0.3 is 0 Å². The minimum absolute atomic E-state index is 0.0765. The molecule has 4 nitrogen and oxygen atoms in total. The van der Waals surface area contributed by atoms with E-state index in [1.807, 2.05) is 42.5 Å². The number of rotatable bonds is 2. The van der Waals surface area contributed by atoms with Crippen molar-refractivity contribution in [1.29, 1.82) is 0 Å². The molecule has 2 bridgehead atoms. The van der Waals surface area contributed by atoms with E-state index >= 15 is 0 Å². The van der Waals surface area contributed by atoms with Gasteiger partial charge in [-0.05, 0) is 61.7 Å². The Bertz CT molecular complexity index is 1100. The van der Waals surface area contributed by atoms with Crippen molar-refractivity contribution < 1.29 is 9.18 Å². The van der Waals surface area contributed by atoms with E-state index in [2.05, 4.69) is 14.8 Å². The van der Waals surface area contributed by atoms with E-state index in [0.717, 1.165) is 42.4 Å². The monoisotopic (exact) mass is 401 g/mol. The molecule has 0 radical (unpaired) electrons. The van der Waals surface area contributed by atoms with Gasteiger partial charge in [0.25, 0.3) is 5.91 Å². The molecule has 4 aliphatic heterocycles. The minimum atomic E-state index is -0.214. The first-order chi connectivity index (χ1) is 14.7. The summed E-state index contributed by atoms with van der Waals surface area (Å²) in [4.78, 5) is 23.0. The van der Waals surface area contributed by atoms with Crippen molar-refractivity contribution in [2.45, 2.75) is 30.8 Å². The largest absolute Gasteiger partial charge is 0.333 e. The van der Waals surface area contributed by atoms with E-state index < -0.39 is 0 Å². The molecule has 7 rings (SSSR count). The zero-order valence-electron chi connectivity index (χ0n) is 16.7. The lowest BCUT2D eigenvalue weighted by Gasteiger charge is -2.51. The number of fused-ring (bicyclic) bond motifs is 3. The lowest BCUT2D eigenvalue weighted by Crippen LogP contribution is -2.60. The van der Waals surface area contributed by atoms with Gasteiger partial charge in [-0.25, -0.2) is 4.39 Å². The van der Waals surface area contributed by atoms with Crippen LogP contribution in [0.15, 0.2) is 60.8 Å². The van der Waals surface area contributed by atoms with E-state index in [0.29, 0.717) is 24.1 Å². The van der Waals surface area contributed by atoms with Gasteiger partial charge in [-0.2, -0.15) is 0 Å². The number of likely N-dealkylation sites (tertiary alicyclic amines) is 1. The maximum Gasteiger partial charge on any atom is 0.256 e. The van der Waals surface area contributed by atoms with E-state index in [1.165, 1.54) is 0 Å². The standard InChI is InChI=1S/C25H24FN3O/c26-19-8-6-16(7-9-19)21-15-29(23-18-10-13-28(14-11-18)24(21)23)25(30)20-5-1-3-17-4-2-12-27-22(17)20/h1-9,12,18,21,23-24H,10-11,13-15H2/t21-,23+,24+/m0/s1. The molecule has 3 aromatic rings. The maximum atomic E-state index is 13.8. The Labute approximate surface area is 175 Å². The van der Waals surface area contributed by atoms with Crippen molar-refractivity contribution >= 4 is 16.8 Å². The van der Waals surface area contributed by atoms with Crippen LogP contribution in [0.5, 0.6) is 0 Å². The summed E-state index contributed by atoms with van der Waals surface area (Å²) in [6.07, 6.45) is 4.05. The number of amides is 1. The maximum absolute atomic E-state index is 13.8. The molecule has 5 heteroatoms. The van der Waals surface area contributed by atoms with E-state index in [-0.39, 0.29) is 23.7 Å². The van der Waals surface area contributed by atoms with Crippen LogP contribution in [0.1, 0.15) is 34.7 Å². The number of aromatic nitrogens is 1. The second-order valence-corrected chi connectivity index (χ2v) is 8.85. The number of pyridine rings is 1. The molecule has 4 fully saturated rings. The van der Waals surface area contributed by atoms with Crippen molar-refractivity contribution in [2.24, 2.45) is 5.92 Å². The molecule has 3 atom stereocenters. The molecule has 1 aromatic heterocycles. The minimum Gasteiger partial charge on any atom is -0.333 e. The number of halogens is 1. The summed E-state index contributed by atoms with van der Waals surface area (Å²) in [6, 6.07) is 17.2. The smallest absolute Gasteiger partial charge is 0.256 e. The third-order valence-electron chi connectivity index (χ3n) is 7.42. The Kier molecular flexibility index (Phi) is 4.13. The Balaban J connectivity index is 1.42. The van der Waals surface area contributed by atoms with E-state index in [9.17, 15) is 9.18 Å². The number of hydrogen-bond donors (Lipinski definition) is 0. The molecule has 0 unspecified atom stereocenters. The van der Waals surface area contributed by atoms with Crippen molar-refractivity contribution in [1.82, 2.24) is 14.8 Å². The molecular formula is C25H24FN3O. The topological polar surface area (TPSA) is 36.4 Å². The number of piperidine rings is 3. The second-order valence-electron chi connectivity index (χ2n) is 8.85. The van der Waals surface area contributed by atoms with Crippen molar-refractivity contribution in [3.05, 3.63) is 77.7 Å². The summed E-state index contributed by atoms with van der Waals surface area (Å²) in [7, 11) is 0. The molecule has 30 heavy (non-hydrogen) atoms. The summed E-state index contributed by atoms with van der Waals surface area (Å²) < 4.78 is 13.5. The van der Waals surface area contributed by atoms with Gasteiger partial charge in [0.1, 0.15) is 5.82 Å². The van der Waals surface area contributed by atoms with E-state index in [4.69, 9.17) is 0 Å². The fourth-order valence-electron chi connectivity index (χ4n) is 6.09. The molecule has 4 saturated heterocycles. The molecule has 0 saturated carbocycles. The number of carbonyl (C=O) groups is 1. The van der Waals surface area contributed by atoms with Crippen molar-refractivity contribution in [3.63, 3.8) is 0 Å². The number of nitrogens with zero attached hydrogens (tertiary/aromatic N) is 3. The molecule has 4 aliphatic rings. The molecule has 1 amide bonds. The van der Waals surface area contributed by atoms with Gasteiger partial charge in [0.2, 0.25) is 0 Å². The molecule has 2 aromatic carbocycles. The lowest BCUT2D eigenvalue weighted by molar-refractivity contribution is -0.00335. The predicted octanol–water partition coefficient (Wildman–Crippen LogP) is 4.08. The van der Waals surface area contributed by atoms with Crippen LogP contribution in [0.25, 0.3) is 10.9 Å². The average Bonchev–Trinajstić information content (AvgIpc) is 3.22.